The fourth-order valence-corrected chi connectivity index (χ4v) is 4.46. The van der Waals surface area contributed by atoms with Gasteiger partial charge in [-0.05, 0) is 66.1 Å². The van der Waals surface area contributed by atoms with Gasteiger partial charge in [0.05, 0.1) is 32.3 Å². The van der Waals surface area contributed by atoms with Gasteiger partial charge in [0.2, 0.25) is 0 Å². The zero-order valence-corrected chi connectivity index (χ0v) is 20.8. The summed E-state index contributed by atoms with van der Waals surface area (Å²) in [4.78, 5) is 26.3. The lowest BCUT2D eigenvalue weighted by molar-refractivity contribution is -0.385. The first-order valence-electron chi connectivity index (χ1n) is 11.1. The molecule has 1 heterocycles. The summed E-state index contributed by atoms with van der Waals surface area (Å²) in [6.07, 6.45) is 0.523. The lowest BCUT2D eigenvalue weighted by atomic mass is 9.91. The van der Waals surface area contributed by atoms with Gasteiger partial charge in [-0.1, -0.05) is 11.6 Å². The number of ether oxygens (including phenoxy) is 4. The highest BCUT2D eigenvalue weighted by atomic mass is 35.5. The van der Waals surface area contributed by atoms with Gasteiger partial charge in [0.15, 0.2) is 11.5 Å². The van der Waals surface area contributed by atoms with Crippen molar-refractivity contribution in [3.05, 3.63) is 86.4 Å². The minimum absolute atomic E-state index is 0.0779. The molecule has 0 unspecified atom stereocenters. The normalized spacial score (nSPS) is 14.6. The first-order valence-corrected chi connectivity index (χ1v) is 11.5. The Morgan fingerprint density at radius 1 is 1.00 bits per heavy atom. The van der Waals surface area contributed by atoms with E-state index in [1.807, 2.05) is 12.1 Å². The van der Waals surface area contributed by atoms with E-state index in [1.165, 1.54) is 25.3 Å². The number of carbonyl (C=O) groups is 1. The molecule has 0 saturated carbocycles. The highest BCUT2D eigenvalue weighted by Gasteiger charge is 2.36. The maximum atomic E-state index is 13.7. The average Bonchev–Trinajstić information content (AvgIpc) is 2.90. The number of nitrogens with zero attached hydrogens (tertiary/aromatic N) is 2. The summed E-state index contributed by atoms with van der Waals surface area (Å²) in [7, 11) is 4.68. The van der Waals surface area contributed by atoms with Crippen LogP contribution in [0.25, 0.3) is 0 Å². The van der Waals surface area contributed by atoms with Crippen LogP contribution in [0.2, 0.25) is 5.02 Å². The summed E-state index contributed by atoms with van der Waals surface area (Å²) in [5.74, 6) is 1.86. The van der Waals surface area contributed by atoms with Gasteiger partial charge in [-0.15, -0.1) is 0 Å². The number of benzene rings is 3. The van der Waals surface area contributed by atoms with Crippen molar-refractivity contribution in [2.45, 2.75) is 12.5 Å². The molecule has 0 bridgehead atoms. The zero-order valence-electron chi connectivity index (χ0n) is 20.0. The molecular formula is C26H25ClN2O7. The highest BCUT2D eigenvalue weighted by Crippen LogP contribution is 2.39. The Balaban J connectivity index is 1.74. The van der Waals surface area contributed by atoms with Crippen molar-refractivity contribution in [2.75, 3.05) is 34.5 Å². The number of hydrogen-bond acceptors (Lipinski definition) is 7. The fraction of sp³-hybridized carbons (Fsp3) is 0.269. The van der Waals surface area contributed by atoms with Crippen molar-refractivity contribution in [1.82, 2.24) is 4.90 Å². The van der Waals surface area contributed by atoms with Crippen LogP contribution in [-0.2, 0) is 6.42 Å². The van der Waals surface area contributed by atoms with Gasteiger partial charge >= 0.3 is 0 Å². The second-order valence-corrected chi connectivity index (χ2v) is 8.51. The first kappa shape index (κ1) is 25.1. The summed E-state index contributed by atoms with van der Waals surface area (Å²) < 4.78 is 22.2. The highest BCUT2D eigenvalue weighted by molar-refractivity contribution is 6.31. The van der Waals surface area contributed by atoms with Crippen molar-refractivity contribution < 1.29 is 28.7 Å². The molecule has 1 amide bonds. The Labute approximate surface area is 213 Å². The summed E-state index contributed by atoms with van der Waals surface area (Å²) in [6.45, 7) is 0.427. The third-order valence-corrected chi connectivity index (χ3v) is 6.35. The van der Waals surface area contributed by atoms with Crippen LogP contribution < -0.4 is 18.9 Å². The molecule has 0 saturated heterocycles. The molecule has 0 aromatic heterocycles. The van der Waals surface area contributed by atoms with E-state index in [-0.39, 0.29) is 22.9 Å². The van der Waals surface area contributed by atoms with E-state index in [2.05, 4.69) is 0 Å². The monoisotopic (exact) mass is 512 g/mol. The van der Waals surface area contributed by atoms with Crippen LogP contribution in [0.3, 0.4) is 0 Å². The van der Waals surface area contributed by atoms with E-state index < -0.39 is 16.9 Å². The number of halogens is 1. The van der Waals surface area contributed by atoms with Crippen molar-refractivity contribution >= 4 is 23.2 Å². The van der Waals surface area contributed by atoms with Crippen molar-refractivity contribution in [3.63, 3.8) is 0 Å². The number of nitro benzene ring substituents is 1. The number of nitro groups is 1. The van der Waals surface area contributed by atoms with Gasteiger partial charge in [0.25, 0.3) is 11.6 Å². The Hall–Kier alpha value is -3.98. The van der Waals surface area contributed by atoms with Crippen LogP contribution in [-0.4, -0.2) is 50.2 Å². The smallest absolute Gasteiger partial charge is 0.282 e. The summed E-state index contributed by atoms with van der Waals surface area (Å²) in [6, 6.07) is 14.2. The van der Waals surface area contributed by atoms with Gasteiger partial charge in [-0.25, -0.2) is 0 Å². The number of methoxy groups -OCH3 is 3. The SMILES string of the molecule is COc1ccc(OC[C@@H]2c3cc(OC)c(OC)cc3CCN2C(=O)c2cc(Cl)ccc2[N+](=O)[O-])cc1. The second kappa shape index (κ2) is 10.7. The lowest BCUT2D eigenvalue weighted by Crippen LogP contribution is -2.42. The van der Waals surface area contributed by atoms with Crippen LogP contribution in [0.5, 0.6) is 23.0 Å². The molecule has 1 aliphatic rings. The number of carbonyl (C=O) groups excluding carboxylic acids is 1. The maximum absolute atomic E-state index is 13.7. The Kier molecular flexibility index (Phi) is 7.49. The Morgan fingerprint density at radius 3 is 2.31 bits per heavy atom. The van der Waals surface area contributed by atoms with Crippen LogP contribution in [0.4, 0.5) is 5.69 Å². The van der Waals surface area contributed by atoms with Crippen LogP contribution >= 0.6 is 11.6 Å². The van der Waals surface area contributed by atoms with Crippen LogP contribution in [0, 0.1) is 10.1 Å². The largest absolute Gasteiger partial charge is 0.497 e. The molecule has 10 heteroatoms. The first-order chi connectivity index (χ1) is 17.4. The molecule has 1 aliphatic heterocycles. The molecule has 0 N–H and O–H groups in total. The van der Waals surface area contributed by atoms with Gasteiger partial charge in [0.1, 0.15) is 23.7 Å². The molecule has 9 nitrogen and oxygen atoms in total. The van der Waals surface area contributed by atoms with E-state index in [0.29, 0.717) is 36.0 Å². The molecule has 188 valence electrons. The topological polar surface area (TPSA) is 100 Å². The molecule has 0 fully saturated rings. The van der Waals surface area contributed by atoms with Crippen molar-refractivity contribution in [1.29, 1.82) is 0 Å². The van der Waals surface area contributed by atoms with Gasteiger partial charge in [-0.2, -0.15) is 0 Å². The van der Waals surface area contributed by atoms with Crippen molar-refractivity contribution in [2.24, 2.45) is 0 Å². The zero-order chi connectivity index (χ0) is 25.8. The van der Waals surface area contributed by atoms with E-state index in [0.717, 1.165) is 11.1 Å². The number of hydrogen-bond donors (Lipinski definition) is 0. The summed E-state index contributed by atoms with van der Waals surface area (Å²) in [5.41, 5.74) is 1.40. The number of amides is 1. The standard InChI is InChI=1S/C26H25ClN2O7/c1-33-18-5-7-19(8-6-18)36-15-23-20-14-25(35-3)24(34-2)12-16(20)10-11-28(23)26(30)21-13-17(27)4-9-22(21)29(31)32/h4-9,12-14,23H,10-11,15H2,1-3H3/t23-/m1/s1. The molecular weight excluding hydrogens is 488 g/mol. The van der Waals surface area contributed by atoms with E-state index in [9.17, 15) is 14.9 Å². The van der Waals surface area contributed by atoms with Crippen LogP contribution in [0.1, 0.15) is 27.5 Å². The predicted molar refractivity (Wildman–Crippen MR) is 134 cm³/mol. The number of rotatable bonds is 8. The molecule has 4 rings (SSSR count). The second-order valence-electron chi connectivity index (χ2n) is 8.08. The molecule has 3 aromatic carbocycles. The third-order valence-electron chi connectivity index (χ3n) is 6.12. The summed E-state index contributed by atoms with van der Waals surface area (Å²) >= 11 is 6.10. The average molecular weight is 513 g/mol. The quantitative estimate of drug-likeness (QED) is 0.306. The molecule has 3 aromatic rings. The minimum atomic E-state index is -0.585. The van der Waals surface area contributed by atoms with E-state index in [1.54, 1.807) is 43.4 Å². The fourth-order valence-electron chi connectivity index (χ4n) is 4.29. The molecule has 36 heavy (non-hydrogen) atoms. The van der Waals surface area contributed by atoms with Crippen molar-refractivity contribution in [3.8, 4) is 23.0 Å². The Bertz CT molecular complexity index is 1280. The van der Waals surface area contributed by atoms with Gasteiger partial charge in [-0.3, -0.25) is 14.9 Å². The molecule has 0 aliphatic carbocycles. The lowest BCUT2D eigenvalue weighted by Gasteiger charge is -2.37. The van der Waals surface area contributed by atoms with E-state index in [4.69, 9.17) is 30.5 Å². The van der Waals surface area contributed by atoms with Gasteiger partial charge in [0, 0.05) is 17.6 Å². The molecule has 0 spiro atoms. The van der Waals surface area contributed by atoms with E-state index >= 15 is 0 Å². The maximum Gasteiger partial charge on any atom is 0.282 e. The van der Waals surface area contributed by atoms with Gasteiger partial charge < -0.3 is 23.8 Å². The minimum Gasteiger partial charge on any atom is -0.497 e. The van der Waals surface area contributed by atoms with Crippen LogP contribution in [0.15, 0.2) is 54.6 Å². The summed E-state index contributed by atoms with van der Waals surface area (Å²) in [5, 5.41) is 11.9. The third kappa shape index (κ3) is 5.01. The number of fused-ring (bicyclic) bond motifs is 1. The molecule has 0 radical (unpaired) electrons. The molecule has 1 atom stereocenters. The Morgan fingerprint density at radius 2 is 1.67 bits per heavy atom. The predicted octanol–water partition coefficient (Wildman–Crippen LogP) is 5.09.